The Bertz CT molecular complexity index is 788. The number of aliphatic hydroxyl groups excluding tert-OH is 6. The molecule has 0 saturated carbocycles. The summed E-state index contributed by atoms with van der Waals surface area (Å²) >= 11 is 0. The molecule has 32 heavy (non-hydrogen) atoms. The quantitative estimate of drug-likeness (QED) is 0.236. The smallest absolute Gasteiger partial charge is 0.229 e. The van der Waals surface area contributed by atoms with Crippen molar-refractivity contribution in [3.05, 3.63) is 23.8 Å². The first-order valence-electron chi connectivity index (χ1n) is 9.96. The molecule has 0 aromatic heterocycles. The molecule has 2 fully saturated rings. The van der Waals surface area contributed by atoms with Crippen LogP contribution in [0.1, 0.15) is 17.3 Å². The summed E-state index contributed by atoms with van der Waals surface area (Å²) in [4.78, 5) is 11.6. The van der Waals surface area contributed by atoms with Crippen molar-refractivity contribution >= 4 is 5.78 Å². The molecule has 2 aliphatic heterocycles. The highest BCUT2D eigenvalue weighted by molar-refractivity contribution is 5.94. The van der Waals surface area contributed by atoms with Crippen LogP contribution in [-0.4, -0.2) is 112 Å². The molecule has 2 saturated heterocycles. The molecule has 0 aliphatic carbocycles. The van der Waals surface area contributed by atoms with E-state index in [4.69, 9.17) is 23.7 Å². The van der Waals surface area contributed by atoms with E-state index in [1.807, 2.05) is 0 Å². The molecule has 2 heterocycles. The minimum atomic E-state index is -1.66. The van der Waals surface area contributed by atoms with Crippen LogP contribution >= 0.6 is 0 Å². The summed E-state index contributed by atoms with van der Waals surface area (Å²) in [5, 5.41) is 59.9. The second-order valence-electron chi connectivity index (χ2n) is 7.64. The third-order valence-electron chi connectivity index (χ3n) is 5.36. The second-order valence-corrected chi connectivity index (χ2v) is 7.64. The molecule has 9 atom stereocenters. The first-order chi connectivity index (χ1) is 15.1. The van der Waals surface area contributed by atoms with Crippen molar-refractivity contribution < 1.29 is 59.1 Å². The van der Waals surface area contributed by atoms with Gasteiger partial charge < -0.3 is 54.3 Å². The van der Waals surface area contributed by atoms with Gasteiger partial charge in [-0.3, -0.25) is 4.79 Å². The van der Waals surface area contributed by atoms with Gasteiger partial charge in [0.25, 0.3) is 0 Å². The normalized spacial score (nSPS) is 37.7. The number of carbonyl (C=O) groups is 1. The molecule has 1 aromatic rings. The van der Waals surface area contributed by atoms with E-state index in [-0.39, 0.29) is 23.9 Å². The van der Waals surface area contributed by atoms with Gasteiger partial charge in [-0.1, -0.05) is 0 Å². The third-order valence-corrected chi connectivity index (χ3v) is 5.36. The van der Waals surface area contributed by atoms with Gasteiger partial charge in [-0.25, -0.2) is 0 Å². The molecule has 12 nitrogen and oxygen atoms in total. The van der Waals surface area contributed by atoms with Crippen molar-refractivity contribution in [3.8, 4) is 11.5 Å². The number of carbonyl (C=O) groups excluding carboxylic acids is 1. The largest absolute Gasteiger partial charge is 0.493 e. The maximum Gasteiger partial charge on any atom is 0.229 e. The Morgan fingerprint density at radius 3 is 2.31 bits per heavy atom. The van der Waals surface area contributed by atoms with Crippen molar-refractivity contribution in [2.75, 3.05) is 20.3 Å². The Kier molecular flexibility index (Phi) is 8.03. The van der Waals surface area contributed by atoms with E-state index in [1.165, 1.54) is 32.2 Å². The van der Waals surface area contributed by atoms with Crippen molar-refractivity contribution in [1.82, 2.24) is 0 Å². The summed E-state index contributed by atoms with van der Waals surface area (Å²) in [6, 6.07) is 4.37. The number of hydrogen-bond acceptors (Lipinski definition) is 12. The Morgan fingerprint density at radius 1 is 0.969 bits per heavy atom. The number of rotatable bonds is 7. The first-order valence-corrected chi connectivity index (χ1v) is 9.96. The predicted molar refractivity (Wildman–Crippen MR) is 104 cm³/mol. The summed E-state index contributed by atoms with van der Waals surface area (Å²) in [5.74, 6) is 0.116. The lowest BCUT2D eigenvalue weighted by Gasteiger charge is -2.41. The molecule has 180 valence electrons. The van der Waals surface area contributed by atoms with Crippen LogP contribution in [0.15, 0.2) is 18.2 Å². The van der Waals surface area contributed by atoms with Gasteiger partial charge in [0.05, 0.1) is 20.3 Å². The molecule has 1 aromatic carbocycles. The Balaban J connectivity index is 1.68. The van der Waals surface area contributed by atoms with Crippen LogP contribution in [-0.2, 0) is 14.2 Å². The molecule has 0 spiro atoms. The zero-order valence-corrected chi connectivity index (χ0v) is 17.5. The average molecular weight is 460 g/mol. The van der Waals surface area contributed by atoms with E-state index in [9.17, 15) is 35.4 Å². The lowest BCUT2D eigenvalue weighted by atomic mass is 9.99. The topological polar surface area (TPSA) is 185 Å². The lowest BCUT2D eigenvalue weighted by Crippen LogP contribution is -2.61. The van der Waals surface area contributed by atoms with E-state index >= 15 is 0 Å². The van der Waals surface area contributed by atoms with E-state index in [1.54, 1.807) is 0 Å². The van der Waals surface area contributed by atoms with Crippen LogP contribution in [0.25, 0.3) is 0 Å². The van der Waals surface area contributed by atoms with Crippen molar-refractivity contribution in [3.63, 3.8) is 0 Å². The highest BCUT2D eigenvalue weighted by Gasteiger charge is 2.46. The number of Topliss-reactive ketones (excluding diaryl/α,β-unsaturated/α-hetero) is 1. The van der Waals surface area contributed by atoms with Crippen molar-refractivity contribution in [2.45, 2.75) is 62.2 Å². The minimum Gasteiger partial charge on any atom is -0.493 e. The highest BCUT2D eigenvalue weighted by atomic mass is 16.7. The van der Waals surface area contributed by atoms with Gasteiger partial charge >= 0.3 is 0 Å². The summed E-state index contributed by atoms with van der Waals surface area (Å²) in [6.07, 6.45) is -13.1. The van der Waals surface area contributed by atoms with Gasteiger partial charge in [-0.15, -0.1) is 0 Å². The molecule has 0 unspecified atom stereocenters. The monoisotopic (exact) mass is 460 g/mol. The zero-order chi connectivity index (χ0) is 23.6. The summed E-state index contributed by atoms with van der Waals surface area (Å²) in [6.45, 7) is 0.703. The lowest BCUT2D eigenvalue weighted by molar-refractivity contribution is -0.307. The van der Waals surface area contributed by atoms with Crippen LogP contribution in [0, 0.1) is 0 Å². The van der Waals surface area contributed by atoms with Crippen LogP contribution in [0.2, 0.25) is 0 Å². The van der Waals surface area contributed by atoms with E-state index in [0.29, 0.717) is 5.56 Å². The number of methoxy groups -OCH3 is 1. The number of aliphatic hydroxyl groups is 6. The SMILES string of the molecule is COc1cc(C(C)=O)ccc1O[C@H]1O[C@H](CO[C@H]2OC[C@@H](O)[C@H](O)[C@H]2O)[C@@H](O)[C@H](O)[C@H]1O. The van der Waals surface area contributed by atoms with Crippen LogP contribution in [0.4, 0.5) is 0 Å². The fourth-order valence-electron chi connectivity index (χ4n) is 3.38. The maximum absolute atomic E-state index is 11.6. The average Bonchev–Trinajstić information content (AvgIpc) is 2.78. The zero-order valence-electron chi connectivity index (χ0n) is 17.5. The highest BCUT2D eigenvalue weighted by Crippen LogP contribution is 2.32. The van der Waals surface area contributed by atoms with Gasteiger partial charge in [-0.2, -0.15) is 0 Å². The molecule has 6 N–H and O–H groups in total. The van der Waals surface area contributed by atoms with Gasteiger partial charge in [0.1, 0.15) is 42.7 Å². The van der Waals surface area contributed by atoms with Crippen LogP contribution in [0.5, 0.6) is 11.5 Å². The van der Waals surface area contributed by atoms with E-state index in [0.717, 1.165) is 0 Å². The fraction of sp³-hybridized carbons (Fsp3) is 0.650. The molecular weight excluding hydrogens is 432 g/mol. The maximum atomic E-state index is 11.6. The fourth-order valence-corrected chi connectivity index (χ4v) is 3.38. The summed E-state index contributed by atoms with van der Waals surface area (Å²) in [5.41, 5.74) is 0.374. The van der Waals surface area contributed by atoms with Crippen molar-refractivity contribution in [2.24, 2.45) is 0 Å². The van der Waals surface area contributed by atoms with E-state index < -0.39 is 61.9 Å². The predicted octanol–water partition coefficient (Wildman–Crippen LogP) is -2.46. The standard InChI is InChI=1S/C20H28O12/c1-8(21)9-3-4-11(12(5-9)28-2)31-20-18(27)16(25)15(24)13(32-20)7-30-19-17(26)14(23)10(22)6-29-19/h3-5,10,13-20,22-27H,6-7H2,1-2H3/t10-,13-,14+,15-,16+,17-,18-,19-,20+/m1/s1. The molecular formula is C20H28O12. The molecule has 0 bridgehead atoms. The van der Waals surface area contributed by atoms with Gasteiger partial charge in [0, 0.05) is 5.56 Å². The number of ketones is 1. The summed E-state index contributed by atoms with van der Waals surface area (Å²) in [7, 11) is 1.36. The van der Waals surface area contributed by atoms with Gasteiger partial charge in [0.2, 0.25) is 6.29 Å². The van der Waals surface area contributed by atoms with Crippen LogP contribution in [0.3, 0.4) is 0 Å². The Hall–Kier alpha value is -1.87. The van der Waals surface area contributed by atoms with E-state index in [2.05, 4.69) is 0 Å². The Labute approximate surface area is 183 Å². The summed E-state index contributed by atoms with van der Waals surface area (Å²) < 4.78 is 26.9. The molecule has 12 heteroatoms. The number of hydrogen-bond donors (Lipinski definition) is 6. The van der Waals surface area contributed by atoms with Crippen molar-refractivity contribution in [1.29, 1.82) is 0 Å². The number of benzene rings is 1. The van der Waals surface area contributed by atoms with Gasteiger partial charge in [0.15, 0.2) is 23.6 Å². The second kappa shape index (κ2) is 10.4. The molecule has 0 amide bonds. The van der Waals surface area contributed by atoms with Gasteiger partial charge in [-0.05, 0) is 25.1 Å². The molecule has 3 rings (SSSR count). The Morgan fingerprint density at radius 2 is 1.66 bits per heavy atom. The minimum absolute atomic E-state index is 0.118. The van der Waals surface area contributed by atoms with Crippen LogP contribution < -0.4 is 9.47 Å². The molecule has 0 radical (unpaired) electrons. The molecule has 2 aliphatic rings. The first kappa shape index (κ1) is 24.8. The number of ether oxygens (including phenoxy) is 5. The third kappa shape index (κ3) is 5.20.